The first-order valence-corrected chi connectivity index (χ1v) is 7.47. The van der Waals surface area contributed by atoms with Crippen LogP contribution in [0.1, 0.15) is 49.3 Å². The summed E-state index contributed by atoms with van der Waals surface area (Å²) >= 11 is 0. The summed E-state index contributed by atoms with van der Waals surface area (Å²) in [6, 6.07) is 9.54. The average molecular weight is 305 g/mol. The molecule has 0 N–H and O–H groups in total. The molecule has 0 amide bonds. The van der Waals surface area contributed by atoms with E-state index in [0.29, 0.717) is 17.7 Å². The number of benzene rings is 1. The molecule has 0 aliphatic carbocycles. The fraction of sp³-hybridized carbons (Fsp3) is 0.333. The van der Waals surface area contributed by atoms with Crippen molar-refractivity contribution in [1.29, 1.82) is 0 Å². The van der Waals surface area contributed by atoms with Crippen molar-refractivity contribution in [2.45, 2.75) is 34.1 Å². The Kier molecular flexibility index (Phi) is 10.3. The summed E-state index contributed by atoms with van der Waals surface area (Å²) in [7, 11) is 1.32. The molecule has 1 heterocycles. The van der Waals surface area contributed by atoms with E-state index >= 15 is 0 Å². The normalized spacial score (nSPS) is 8.82. The number of hydrogen-bond donors (Lipinski definition) is 0. The average Bonchev–Trinajstić information content (AvgIpc) is 2.58. The Bertz CT molecular complexity index is 571. The number of aromatic nitrogens is 1. The van der Waals surface area contributed by atoms with E-state index in [1.54, 1.807) is 30.5 Å². The molecular weight excluding hydrogens is 281 g/mol. The highest BCUT2D eigenvalue weighted by Crippen LogP contribution is 2.13. The monoisotopic (exact) mass is 305 g/mol. The number of carbonyl (C=O) groups excluding carboxylic acids is 1. The molecule has 0 spiro atoms. The molecule has 2 aromatic rings. The van der Waals surface area contributed by atoms with Gasteiger partial charge in [-0.15, -0.1) is 0 Å². The van der Waals surface area contributed by atoms with E-state index in [1.807, 2.05) is 27.7 Å². The second-order valence-electron chi connectivity index (χ2n) is 3.80. The van der Waals surface area contributed by atoms with Crippen molar-refractivity contribution in [3.63, 3.8) is 0 Å². The first-order valence-electron chi connectivity index (χ1n) is 7.47. The summed E-state index contributed by atoms with van der Waals surface area (Å²) in [4.78, 5) is 15.7. The van der Waals surface area contributed by atoms with E-state index in [0.717, 1.165) is 5.56 Å². The van der Waals surface area contributed by atoms with Gasteiger partial charge in [-0.3, -0.25) is 4.98 Å². The molecule has 0 aliphatic heterocycles. The highest BCUT2D eigenvalue weighted by Gasteiger charge is 2.12. The van der Waals surface area contributed by atoms with Crippen molar-refractivity contribution in [2.24, 2.45) is 0 Å². The Balaban J connectivity index is 0.00000102. The molecule has 0 atom stereocenters. The Labute approximate surface area is 132 Å². The lowest BCUT2D eigenvalue weighted by atomic mass is 10.1. The number of pyridine rings is 1. The van der Waals surface area contributed by atoms with Crippen LogP contribution in [-0.2, 0) is 11.2 Å². The van der Waals surface area contributed by atoms with Crippen molar-refractivity contribution >= 4 is 5.97 Å². The standard InChI is InChI=1S/C14H12FNO2.2C2H6/c1-18-14(17)12-6-3-7-16-13(12)9-10-4-2-5-11(15)8-10;2*1-2/h2-8H,9H2,1H3;2*1-2H3. The van der Waals surface area contributed by atoms with Gasteiger partial charge in [-0.05, 0) is 29.8 Å². The molecule has 0 fully saturated rings. The topological polar surface area (TPSA) is 39.2 Å². The van der Waals surface area contributed by atoms with E-state index in [-0.39, 0.29) is 5.82 Å². The molecule has 120 valence electrons. The van der Waals surface area contributed by atoms with Crippen LogP contribution in [-0.4, -0.2) is 18.1 Å². The lowest BCUT2D eigenvalue weighted by Gasteiger charge is -2.06. The lowest BCUT2D eigenvalue weighted by Crippen LogP contribution is -2.07. The Morgan fingerprint density at radius 3 is 2.41 bits per heavy atom. The molecule has 0 saturated heterocycles. The van der Waals surface area contributed by atoms with Crippen LogP contribution in [0.15, 0.2) is 42.6 Å². The van der Waals surface area contributed by atoms with Crippen molar-refractivity contribution in [2.75, 3.05) is 7.11 Å². The molecule has 2 rings (SSSR count). The van der Waals surface area contributed by atoms with E-state index in [1.165, 1.54) is 19.2 Å². The van der Waals surface area contributed by atoms with Gasteiger partial charge in [-0.2, -0.15) is 0 Å². The highest BCUT2D eigenvalue weighted by molar-refractivity contribution is 5.90. The first kappa shape index (κ1) is 19.8. The Hall–Kier alpha value is -2.23. The fourth-order valence-corrected chi connectivity index (χ4v) is 1.71. The third-order valence-corrected chi connectivity index (χ3v) is 2.56. The summed E-state index contributed by atoms with van der Waals surface area (Å²) in [6.07, 6.45) is 1.99. The molecule has 4 heteroatoms. The lowest BCUT2D eigenvalue weighted by molar-refractivity contribution is 0.0599. The number of methoxy groups -OCH3 is 1. The van der Waals surface area contributed by atoms with E-state index in [9.17, 15) is 9.18 Å². The van der Waals surface area contributed by atoms with Gasteiger partial charge in [0.25, 0.3) is 0 Å². The van der Waals surface area contributed by atoms with Crippen LogP contribution in [0.25, 0.3) is 0 Å². The molecular formula is C18H24FNO2. The van der Waals surface area contributed by atoms with Gasteiger partial charge in [0.05, 0.1) is 18.4 Å². The van der Waals surface area contributed by atoms with Crippen LogP contribution in [0.3, 0.4) is 0 Å². The predicted octanol–water partition coefficient (Wildman–Crippen LogP) is 4.65. The van der Waals surface area contributed by atoms with Gasteiger partial charge < -0.3 is 4.74 Å². The van der Waals surface area contributed by atoms with Gasteiger partial charge in [0.2, 0.25) is 0 Å². The summed E-state index contributed by atoms with van der Waals surface area (Å²) < 4.78 is 17.8. The highest BCUT2D eigenvalue weighted by atomic mass is 19.1. The molecule has 0 saturated carbocycles. The van der Waals surface area contributed by atoms with Gasteiger partial charge in [0, 0.05) is 12.6 Å². The molecule has 0 aliphatic rings. The Morgan fingerprint density at radius 1 is 1.14 bits per heavy atom. The van der Waals surface area contributed by atoms with Crippen LogP contribution in [0, 0.1) is 5.82 Å². The predicted molar refractivity (Wildman–Crippen MR) is 87.5 cm³/mol. The minimum absolute atomic E-state index is 0.303. The Morgan fingerprint density at radius 2 is 1.82 bits per heavy atom. The molecule has 1 aromatic carbocycles. The molecule has 0 bridgehead atoms. The zero-order chi connectivity index (χ0) is 17.0. The SMILES string of the molecule is CC.CC.COC(=O)c1cccnc1Cc1cccc(F)c1. The zero-order valence-electron chi connectivity index (χ0n) is 13.9. The largest absolute Gasteiger partial charge is 0.465 e. The van der Waals surface area contributed by atoms with Crippen molar-refractivity contribution < 1.29 is 13.9 Å². The number of nitrogens with zero attached hydrogens (tertiary/aromatic N) is 1. The van der Waals surface area contributed by atoms with Gasteiger partial charge in [0.1, 0.15) is 5.82 Å². The quantitative estimate of drug-likeness (QED) is 0.775. The number of esters is 1. The first-order chi connectivity index (χ1) is 10.7. The number of carbonyl (C=O) groups is 1. The number of ether oxygens (including phenoxy) is 1. The van der Waals surface area contributed by atoms with Gasteiger partial charge in [0.15, 0.2) is 0 Å². The second-order valence-corrected chi connectivity index (χ2v) is 3.80. The van der Waals surface area contributed by atoms with Crippen molar-refractivity contribution in [3.8, 4) is 0 Å². The van der Waals surface area contributed by atoms with Crippen LogP contribution in [0.5, 0.6) is 0 Å². The maximum atomic E-state index is 13.1. The number of hydrogen-bond acceptors (Lipinski definition) is 3. The molecule has 22 heavy (non-hydrogen) atoms. The smallest absolute Gasteiger partial charge is 0.339 e. The van der Waals surface area contributed by atoms with Gasteiger partial charge in [-0.25, -0.2) is 9.18 Å². The van der Waals surface area contributed by atoms with Gasteiger partial charge in [-0.1, -0.05) is 39.8 Å². The second kappa shape index (κ2) is 11.4. The van der Waals surface area contributed by atoms with E-state index < -0.39 is 5.97 Å². The molecule has 0 unspecified atom stereocenters. The summed E-state index contributed by atoms with van der Waals surface area (Å²) in [5.74, 6) is -0.738. The van der Waals surface area contributed by atoms with Crippen LogP contribution in [0.2, 0.25) is 0 Å². The summed E-state index contributed by atoms with van der Waals surface area (Å²) in [6.45, 7) is 8.00. The van der Waals surface area contributed by atoms with E-state index in [2.05, 4.69) is 9.72 Å². The molecule has 0 radical (unpaired) electrons. The van der Waals surface area contributed by atoms with Crippen molar-refractivity contribution in [1.82, 2.24) is 4.98 Å². The van der Waals surface area contributed by atoms with Crippen LogP contribution >= 0.6 is 0 Å². The zero-order valence-corrected chi connectivity index (χ0v) is 13.9. The third-order valence-electron chi connectivity index (χ3n) is 2.56. The maximum Gasteiger partial charge on any atom is 0.339 e. The van der Waals surface area contributed by atoms with Crippen LogP contribution in [0.4, 0.5) is 4.39 Å². The van der Waals surface area contributed by atoms with Crippen molar-refractivity contribution in [3.05, 3.63) is 65.2 Å². The minimum atomic E-state index is -0.436. The number of halogens is 1. The summed E-state index contributed by atoms with van der Waals surface area (Å²) in [5, 5.41) is 0. The molecule has 3 nitrogen and oxygen atoms in total. The van der Waals surface area contributed by atoms with Crippen LogP contribution < -0.4 is 0 Å². The fourth-order valence-electron chi connectivity index (χ4n) is 1.71. The maximum absolute atomic E-state index is 13.1. The number of rotatable bonds is 3. The summed E-state index contributed by atoms with van der Waals surface area (Å²) in [5.41, 5.74) is 1.75. The van der Waals surface area contributed by atoms with Gasteiger partial charge >= 0.3 is 5.97 Å². The third kappa shape index (κ3) is 6.04. The molecule has 1 aromatic heterocycles. The minimum Gasteiger partial charge on any atom is -0.465 e. The van der Waals surface area contributed by atoms with E-state index in [4.69, 9.17) is 0 Å².